The summed E-state index contributed by atoms with van der Waals surface area (Å²) in [6, 6.07) is 5.78. The van der Waals surface area contributed by atoms with Crippen molar-refractivity contribution in [2.75, 3.05) is 13.1 Å². The lowest BCUT2D eigenvalue weighted by atomic mass is 10.0. The normalized spacial score (nSPS) is 16.5. The summed E-state index contributed by atoms with van der Waals surface area (Å²) < 4.78 is 1.06. The van der Waals surface area contributed by atoms with Crippen LogP contribution < -0.4 is 5.32 Å². The van der Waals surface area contributed by atoms with E-state index in [9.17, 15) is 9.59 Å². The van der Waals surface area contributed by atoms with Crippen molar-refractivity contribution in [1.82, 2.24) is 20.2 Å². The first-order valence-electron chi connectivity index (χ1n) is 8.35. The summed E-state index contributed by atoms with van der Waals surface area (Å²) in [4.78, 5) is 35.0. The highest BCUT2D eigenvalue weighted by atomic mass is 32.1. The minimum Gasteiger partial charge on any atom is -0.351 e. The first kappa shape index (κ1) is 14.7. The molecule has 25 heavy (non-hydrogen) atoms. The van der Waals surface area contributed by atoms with Crippen LogP contribution in [0.3, 0.4) is 0 Å². The Bertz CT molecular complexity index is 1020. The van der Waals surface area contributed by atoms with E-state index in [0.29, 0.717) is 25.2 Å². The van der Waals surface area contributed by atoms with Crippen LogP contribution in [-0.4, -0.2) is 39.8 Å². The molecule has 7 heteroatoms. The summed E-state index contributed by atoms with van der Waals surface area (Å²) in [5.41, 5.74) is 3.83. The van der Waals surface area contributed by atoms with Gasteiger partial charge in [-0.15, -0.1) is 11.3 Å². The number of imidazole rings is 1. The van der Waals surface area contributed by atoms with Gasteiger partial charge < -0.3 is 15.2 Å². The third-order valence-electron chi connectivity index (χ3n) is 4.97. The van der Waals surface area contributed by atoms with Crippen LogP contribution in [0.4, 0.5) is 0 Å². The smallest absolute Gasteiger partial charge is 0.261 e. The Labute approximate surface area is 147 Å². The summed E-state index contributed by atoms with van der Waals surface area (Å²) in [5.74, 6) is 0.0282. The van der Waals surface area contributed by atoms with E-state index in [1.165, 1.54) is 11.3 Å². The molecule has 6 nitrogen and oxygen atoms in total. The third kappa shape index (κ3) is 2.26. The topological polar surface area (TPSA) is 78.1 Å². The quantitative estimate of drug-likeness (QED) is 0.704. The molecule has 1 aromatic carbocycles. The van der Waals surface area contributed by atoms with E-state index < -0.39 is 0 Å². The molecule has 3 aromatic rings. The summed E-state index contributed by atoms with van der Waals surface area (Å²) in [6.45, 7) is 1.90. The van der Waals surface area contributed by atoms with E-state index in [2.05, 4.69) is 15.3 Å². The van der Waals surface area contributed by atoms with Gasteiger partial charge in [0.2, 0.25) is 0 Å². The minimum atomic E-state index is -0.00173. The van der Waals surface area contributed by atoms with Crippen molar-refractivity contribution < 1.29 is 9.59 Å². The van der Waals surface area contributed by atoms with Crippen LogP contribution in [0.2, 0.25) is 0 Å². The Morgan fingerprint density at radius 3 is 3.12 bits per heavy atom. The number of aromatic amines is 1. The highest BCUT2D eigenvalue weighted by Gasteiger charge is 2.26. The molecule has 0 radical (unpaired) electrons. The molecule has 2 N–H and O–H groups in total. The number of carbonyl (C=O) groups is 2. The molecule has 0 bridgehead atoms. The molecule has 2 aliphatic rings. The molecule has 2 aliphatic heterocycles. The van der Waals surface area contributed by atoms with Crippen LogP contribution in [0.25, 0.3) is 10.1 Å². The fourth-order valence-electron chi connectivity index (χ4n) is 3.66. The number of amides is 2. The van der Waals surface area contributed by atoms with Crippen molar-refractivity contribution in [1.29, 1.82) is 0 Å². The zero-order valence-corrected chi connectivity index (χ0v) is 14.3. The Balaban J connectivity index is 1.51. The van der Waals surface area contributed by atoms with E-state index in [1.54, 1.807) is 6.33 Å². The second-order valence-corrected chi connectivity index (χ2v) is 7.48. The van der Waals surface area contributed by atoms with Crippen molar-refractivity contribution in [2.45, 2.75) is 19.4 Å². The molecule has 2 aromatic heterocycles. The van der Waals surface area contributed by atoms with Gasteiger partial charge in [-0.25, -0.2) is 4.98 Å². The maximum absolute atomic E-state index is 12.9. The lowest BCUT2D eigenvalue weighted by molar-refractivity contribution is 0.0732. The average Bonchev–Trinajstić information content (AvgIpc) is 3.25. The lowest BCUT2D eigenvalue weighted by Gasteiger charge is -2.26. The summed E-state index contributed by atoms with van der Waals surface area (Å²) in [7, 11) is 0. The van der Waals surface area contributed by atoms with Gasteiger partial charge in [0.1, 0.15) is 0 Å². The predicted octanol–water partition coefficient (Wildman–Crippen LogP) is 2.11. The predicted molar refractivity (Wildman–Crippen MR) is 94.9 cm³/mol. The molecular formula is C18H16N4O2S. The lowest BCUT2D eigenvalue weighted by Crippen LogP contribution is -2.36. The Morgan fingerprint density at radius 1 is 1.28 bits per heavy atom. The molecule has 0 aliphatic carbocycles. The fraction of sp³-hybridized carbons (Fsp3) is 0.278. The Hall–Kier alpha value is -2.67. The highest BCUT2D eigenvalue weighted by Crippen LogP contribution is 2.34. The molecule has 0 fully saturated rings. The molecular weight excluding hydrogens is 336 g/mol. The number of hydrogen-bond donors (Lipinski definition) is 2. The molecule has 2 amide bonds. The van der Waals surface area contributed by atoms with Gasteiger partial charge in [-0.3, -0.25) is 9.59 Å². The molecule has 126 valence electrons. The SMILES string of the molecule is O=C1NCCc2c1sc1ccc(C(=O)N3CCc4nc[nH]c4C3)cc21. The van der Waals surface area contributed by atoms with Crippen LogP contribution in [0.15, 0.2) is 24.5 Å². The van der Waals surface area contributed by atoms with E-state index >= 15 is 0 Å². The number of carbonyl (C=O) groups excluding carboxylic acids is 2. The van der Waals surface area contributed by atoms with Crippen LogP contribution in [0.1, 0.15) is 37.0 Å². The van der Waals surface area contributed by atoms with Gasteiger partial charge in [0, 0.05) is 29.8 Å². The van der Waals surface area contributed by atoms with Crippen molar-refractivity contribution >= 4 is 33.2 Å². The first-order chi connectivity index (χ1) is 12.2. The monoisotopic (exact) mass is 352 g/mol. The Kier molecular flexibility index (Phi) is 3.18. The van der Waals surface area contributed by atoms with Gasteiger partial charge in [-0.2, -0.15) is 0 Å². The van der Waals surface area contributed by atoms with Crippen molar-refractivity contribution in [2.24, 2.45) is 0 Å². The van der Waals surface area contributed by atoms with Gasteiger partial charge in [0.15, 0.2) is 0 Å². The first-order valence-corrected chi connectivity index (χ1v) is 9.16. The maximum Gasteiger partial charge on any atom is 0.261 e. The zero-order valence-electron chi connectivity index (χ0n) is 13.5. The molecule has 0 atom stereocenters. The Morgan fingerprint density at radius 2 is 2.20 bits per heavy atom. The van der Waals surface area contributed by atoms with Crippen LogP contribution in [-0.2, 0) is 19.4 Å². The van der Waals surface area contributed by atoms with E-state index in [4.69, 9.17) is 0 Å². The molecule has 0 saturated heterocycles. The molecule has 0 spiro atoms. The number of thiophene rings is 1. The second kappa shape index (κ2) is 5.42. The van der Waals surface area contributed by atoms with E-state index in [0.717, 1.165) is 44.8 Å². The third-order valence-corrected chi connectivity index (χ3v) is 6.18. The molecule has 0 unspecified atom stereocenters. The summed E-state index contributed by atoms with van der Waals surface area (Å²) in [5, 5.41) is 3.92. The fourth-order valence-corrected chi connectivity index (χ4v) is 4.81. The van der Waals surface area contributed by atoms with Crippen LogP contribution >= 0.6 is 11.3 Å². The number of nitrogens with zero attached hydrogens (tertiary/aromatic N) is 2. The maximum atomic E-state index is 12.9. The van der Waals surface area contributed by atoms with Gasteiger partial charge in [0.25, 0.3) is 11.8 Å². The number of aromatic nitrogens is 2. The number of hydrogen-bond acceptors (Lipinski definition) is 4. The minimum absolute atomic E-state index is 0.00173. The number of H-pyrrole nitrogens is 1. The highest BCUT2D eigenvalue weighted by molar-refractivity contribution is 7.21. The zero-order chi connectivity index (χ0) is 17.0. The van der Waals surface area contributed by atoms with Crippen molar-refractivity contribution in [3.63, 3.8) is 0 Å². The number of benzene rings is 1. The second-order valence-electron chi connectivity index (χ2n) is 6.43. The van der Waals surface area contributed by atoms with Gasteiger partial charge in [0.05, 0.1) is 29.1 Å². The van der Waals surface area contributed by atoms with E-state index in [1.807, 2.05) is 23.1 Å². The van der Waals surface area contributed by atoms with Crippen LogP contribution in [0, 0.1) is 0 Å². The average molecular weight is 352 g/mol. The number of rotatable bonds is 1. The van der Waals surface area contributed by atoms with E-state index in [-0.39, 0.29) is 11.8 Å². The number of fused-ring (bicyclic) bond motifs is 4. The van der Waals surface area contributed by atoms with Gasteiger partial charge >= 0.3 is 0 Å². The standard InChI is InChI=1S/C18H16N4O2S/c23-17-16-11(3-5-19-17)12-7-10(1-2-15(12)25-16)18(24)22-6-4-13-14(8-22)21-9-20-13/h1-2,7,9H,3-6,8H2,(H,19,23)(H,20,21). The molecule has 0 saturated carbocycles. The summed E-state index contributed by atoms with van der Waals surface area (Å²) >= 11 is 1.51. The van der Waals surface area contributed by atoms with Gasteiger partial charge in [-0.05, 0) is 35.6 Å². The summed E-state index contributed by atoms with van der Waals surface area (Å²) in [6.07, 6.45) is 3.29. The van der Waals surface area contributed by atoms with Gasteiger partial charge in [-0.1, -0.05) is 0 Å². The largest absolute Gasteiger partial charge is 0.351 e. The molecule has 4 heterocycles. The van der Waals surface area contributed by atoms with Crippen molar-refractivity contribution in [3.05, 3.63) is 51.9 Å². The molecule has 5 rings (SSSR count). The number of nitrogens with one attached hydrogen (secondary N) is 2. The van der Waals surface area contributed by atoms with Crippen LogP contribution in [0.5, 0.6) is 0 Å². The van der Waals surface area contributed by atoms with Crippen molar-refractivity contribution in [3.8, 4) is 0 Å².